The number of aromatic nitrogens is 2. The predicted molar refractivity (Wildman–Crippen MR) is 155 cm³/mol. The number of aromatic hydroxyl groups is 1. The molecule has 0 saturated carbocycles. The van der Waals surface area contributed by atoms with Crippen molar-refractivity contribution in [1.29, 1.82) is 0 Å². The summed E-state index contributed by atoms with van der Waals surface area (Å²) in [5.74, 6) is -2.63. The van der Waals surface area contributed by atoms with E-state index < -0.39 is 29.2 Å². The van der Waals surface area contributed by atoms with Crippen LogP contribution in [-0.2, 0) is 0 Å². The number of anilines is 1. The number of hydrogen-bond acceptors (Lipinski definition) is 7. The normalized spacial score (nSPS) is 27.0. The van der Waals surface area contributed by atoms with Crippen molar-refractivity contribution in [3.63, 3.8) is 0 Å². The molecule has 43 heavy (non-hydrogen) atoms. The van der Waals surface area contributed by atoms with Crippen LogP contribution in [0.5, 0.6) is 11.8 Å². The predicted octanol–water partition coefficient (Wildman–Crippen LogP) is 5.47. The summed E-state index contributed by atoms with van der Waals surface area (Å²) in [6.45, 7) is 2.75. The molecule has 4 aliphatic rings. The summed E-state index contributed by atoms with van der Waals surface area (Å²) in [6, 6.07) is 8.61. The molecule has 224 valence electrons. The second-order valence-corrected chi connectivity index (χ2v) is 12.5. The van der Waals surface area contributed by atoms with Gasteiger partial charge in [-0.05, 0) is 67.4 Å². The molecule has 0 spiro atoms. The number of phenolic OH excluding ortho intramolecular Hbond substituents is 1. The van der Waals surface area contributed by atoms with Gasteiger partial charge in [-0.2, -0.15) is 9.97 Å². The number of fused-ring (bicyclic) bond motifs is 5. The summed E-state index contributed by atoms with van der Waals surface area (Å²) in [6.07, 6.45) is 3.30. The molecule has 3 aromatic carbocycles. The van der Waals surface area contributed by atoms with Crippen LogP contribution in [0.3, 0.4) is 0 Å². The van der Waals surface area contributed by atoms with Gasteiger partial charge in [0.2, 0.25) is 0 Å². The number of nitrogens with zero attached hydrogens (tertiary/aromatic N) is 4. The van der Waals surface area contributed by atoms with E-state index in [0.29, 0.717) is 49.3 Å². The standard InChI is InChI=1S/C32H31F4N5O2/c33-18-12-32(8-1-9-41(32)13-18)16-43-31-38-29-23(30(39-31)40-14-19-3-4-20(15-40)37-19)6-5-22(27(29)35)24-11-21(42)10-17-2-7-25(34)28(36)26(17)24/h2,5-7,10-11,18-20,37,42H,1,3-4,8-9,12-16H2. The minimum atomic E-state index is -1.13. The lowest BCUT2D eigenvalue weighted by molar-refractivity contribution is 0.107. The molecule has 1 aromatic heterocycles. The van der Waals surface area contributed by atoms with Gasteiger partial charge in [0.25, 0.3) is 0 Å². The highest BCUT2D eigenvalue weighted by Gasteiger charge is 2.49. The summed E-state index contributed by atoms with van der Waals surface area (Å²) in [7, 11) is 0. The lowest BCUT2D eigenvalue weighted by Gasteiger charge is -2.34. The molecule has 5 heterocycles. The molecule has 4 unspecified atom stereocenters. The number of benzene rings is 3. The van der Waals surface area contributed by atoms with E-state index in [1.54, 1.807) is 6.07 Å². The largest absolute Gasteiger partial charge is 0.508 e. The summed E-state index contributed by atoms with van der Waals surface area (Å²) >= 11 is 0. The van der Waals surface area contributed by atoms with E-state index >= 15 is 8.78 Å². The third-order valence-corrected chi connectivity index (χ3v) is 9.80. The summed E-state index contributed by atoms with van der Waals surface area (Å²) in [5, 5.41) is 14.6. The average Bonchev–Trinajstić information content (AvgIpc) is 3.63. The molecule has 11 heteroatoms. The van der Waals surface area contributed by atoms with E-state index in [1.807, 2.05) is 0 Å². The fourth-order valence-corrected chi connectivity index (χ4v) is 7.85. The summed E-state index contributed by atoms with van der Waals surface area (Å²) < 4.78 is 66.6. The number of hydrogen-bond donors (Lipinski definition) is 2. The van der Waals surface area contributed by atoms with E-state index in [2.05, 4.69) is 20.1 Å². The lowest BCUT2D eigenvalue weighted by Crippen LogP contribution is -2.51. The van der Waals surface area contributed by atoms with Gasteiger partial charge in [-0.3, -0.25) is 4.90 Å². The van der Waals surface area contributed by atoms with Crippen molar-refractivity contribution < 1.29 is 27.4 Å². The number of rotatable bonds is 5. The van der Waals surface area contributed by atoms with Gasteiger partial charge in [-0.1, -0.05) is 12.1 Å². The van der Waals surface area contributed by atoms with Crippen molar-refractivity contribution in [2.24, 2.45) is 0 Å². The van der Waals surface area contributed by atoms with Crippen molar-refractivity contribution in [3.05, 3.63) is 53.8 Å². The molecule has 4 aliphatic heterocycles. The topological polar surface area (TPSA) is 73.8 Å². The first-order chi connectivity index (χ1) is 20.8. The van der Waals surface area contributed by atoms with Crippen molar-refractivity contribution >= 4 is 27.5 Å². The molecular formula is C32H31F4N5O2. The van der Waals surface area contributed by atoms with Crippen LogP contribution in [0, 0.1) is 17.5 Å². The summed E-state index contributed by atoms with van der Waals surface area (Å²) in [4.78, 5) is 13.5. The Balaban J connectivity index is 1.26. The molecule has 8 rings (SSSR count). The van der Waals surface area contributed by atoms with Crippen LogP contribution in [0.1, 0.15) is 32.1 Å². The van der Waals surface area contributed by atoms with Crippen LogP contribution in [0.25, 0.3) is 32.8 Å². The van der Waals surface area contributed by atoms with E-state index in [1.165, 1.54) is 24.3 Å². The monoisotopic (exact) mass is 593 g/mol. The molecule has 4 saturated heterocycles. The van der Waals surface area contributed by atoms with Crippen LogP contribution in [-0.4, -0.2) is 76.6 Å². The Morgan fingerprint density at radius 3 is 2.60 bits per heavy atom. The average molecular weight is 594 g/mol. The van der Waals surface area contributed by atoms with Crippen LogP contribution in [0.2, 0.25) is 0 Å². The van der Waals surface area contributed by atoms with Gasteiger partial charge in [-0.25, -0.2) is 17.6 Å². The van der Waals surface area contributed by atoms with Gasteiger partial charge >= 0.3 is 6.01 Å². The third-order valence-electron chi connectivity index (χ3n) is 9.80. The first-order valence-corrected chi connectivity index (χ1v) is 14.9. The van der Waals surface area contributed by atoms with Crippen molar-refractivity contribution in [2.75, 3.05) is 37.7 Å². The molecule has 4 atom stereocenters. The Morgan fingerprint density at radius 2 is 1.79 bits per heavy atom. The molecule has 4 fully saturated rings. The van der Waals surface area contributed by atoms with E-state index in [-0.39, 0.29) is 45.8 Å². The third kappa shape index (κ3) is 4.38. The van der Waals surface area contributed by atoms with Gasteiger partial charge in [0.1, 0.15) is 29.9 Å². The maximum absolute atomic E-state index is 16.6. The van der Waals surface area contributed by atoms with Gasteiger partial charge in [0.05, 0.1) is 5.54 Å². The van der Waals surface area contributed by atoms with Crippen LogP contribution in [0.4, 0.5) is 23.4 Å². The van der Waals surface area contributed by atoms with Gasteiger partial charge in [-0.15, -0.1) is 0 Å². The highest BCUT2D eigenvalue weighted by Crippen LogP contribution is 2.42. The Hall–Kier alpha value is -3.70. The Labute approximate surface area is 245 Å². The van der Waals surface area contributed by atoms with Crippen LogP contribution in [0.15, 0.2) is 36.4 Å². The highest BCUT2D eigenvalue weighted by atomic mass is 19.2. The smallest absolute Gasteiger partial charge is 0.319 e. The minimum Gasteiger partial charge on any atom is -0.508 e. The van der Waals surface area contributed by atoms with Crippen LogP contribution < -0.4 is 15.0 Å². The quantitative estimate of drug-likeness (QED) is 0.298. The van der Waals surface area contributed by atoms with Gasteiger partial charge in [0, 0.05) is 54.5 Å². The number of piperazine rings is 1. The van der Waals surface area contributed by atoms with Gasteiger partial charge in [0.15, 0.2) is 17.5 Å². The maximum Gasteiger partial charge on any atom is 0.319 e. The minimum absolute atomic E-state index is 0.00838. The van der Waals surface area contributed by atoms with Gasteiger partial charge < -0.3 is 20.1 Å². The molecular weight excluding hydrogens is 562 g/mol. The SMILES string of the molecule is Oc1cc(-c2ccc3c(N4CC5CCC(C4)N5)nc(OCC45CCCN4CC(F)C5)nc3c2F)c2c(F)c(F)ccc2c1. The number of halogens is 4. The molecule has 2 bridgehead atoms. The fourth-order valence-electron chi connectivity index (χ4n) is 7.85. The Bertz CT molecular complexity index is 1760. The second kappa shape index (κ2) is 9.92. The van der Waals surface area contributed by atoms with E-state index in [9.17, 15) is 13.9 Å². The van der Waals surface area contributed by atoms with Crippen molar-refractivity contribution in [2.45, 2.75) is 55.9 Å². The zero-order chi connectivity index (χ0) is 29.5. The zero-order valence-corrected chi connectivity index (χ0v) is 23.4. The number of nitrogens with one attached hydrogen (secondary N) is 1. The second-order valence-electron chi connectivity index (χ2n) is 12.5. The number of phenols is 1. The maximum atomic E-state index is 16.6. The molecule has 2 N–H and O–H groups in total. The molecule has 4 aromatic rings. The first kappa shape index (κ1) is 26.9. The Morgan fingerprint density at radius 1 is 0.977 bits per heavy atom. The fraction of sp³-hybridized carbons (Fsp3) is 0.438. The lowest BCUT2D eigenvalue weighted by atomic mass is 9.95. The molecule has 0 radical (unpaired) electrons. The molecule has 7 nitrogen and oxygen atoms in total. The zero-order valence-electron chi connectivity index (χ0n) is 23.4. The summed E-state index contributed by atoms with van der Waals surface area (Å²) in [5.41, 5.74) is -0.485. The van der Waals surface area contributed by atoms with Crippen molar-refractivity contribution in [1.82, 2.24) is 20.2 Å². The van der Waals surface area contributed by atoms with E-state index in [0.717, 1.165) is 38.3 Å². The number of ether oxygens (including phenoxy) is 1. The molecule has 0 aliphatic carbocycles. The number of alkyl halides is 1. The van der Waals surface area contributed by atoms with Crippen molar-refractivity contribution in [3.8, 4) is 22.9 Å². The first-order valence-electron chi connectivity index (χ1n) is 14.9. The highest BCUT2D eigenvalue weighted by molar-refractivity contribution is 6.01. The Kier molecular flexibility index (Phi) is 6.20. The van der Waals surface area contributed by atoms with E-state index in [4.69, 9.17) is 9.72 Å². The van der Waals surface area contributed by atoms with Crippen LogP contribution >= 0.6 is 0 Å². The molecule has 0 amide bonds.